The maximum absolute atomic E-state index is 12.3. The third-order valence-electron chi connectivity index (χ3n) is 3.70. The van der Waals surface area contributed by atoms with Crippen molar-refractivity contribution in [2.75, 3.05) is 19.7 Å². The molecule has 6 nitrogen and oxygen atoms in total. The van der Waals surface area contributed by atoms with E-state index in [2.05, 4.69) is 16.7 Å². The number of fused-ring (bicyclic) bond motifs is 1. The molecule has 2 N–H and O–H groups in total. The van der Waals surface area contributed by atoms with Crippen LogP contribution in [-0.4, -0.2) is 42.1 Å². The number of urea groups is 1. The largest absolute Gasteiger partial charge is 0.494 e. The number of benzene rings is 1. The Morgan fingerprint density at radius 2 is 2.00 bits per heavy atom. The summed E-state index contributed by atoms with van der Waals surface area (Å²) in [5, 5.41) is 5.51. The summed E-state index contributed by atoms with van der Waals surface area (Å²) in [5.41, 5.74) is 2.04. The Labute approximate surface area is 143 Å². The molecule has 0 saturated heterocycles. The molecule has 0 radical (unpaired) electrons. The zero-order chi connectivity index (χ0) is 17.7. The number of ether oxygens (including phenoxy) is 1. The van der Waals surface area contributed by atoms with Gasteiger partial charge in [-0.05, 0) is 57.4 Å². The first kappa shape index (κ1) is 18.1. The van der Waals surface area contributed by atoms with Crippen molar-refractivity contribution < 1.29 is 14.3 Å². The van der Waals surface area contributed by atoms with E-state index in [1.54, 1.807) is 4.90 Å². The number of nitrogens with one attached hydrogen (secondary N) is 2. The summed E-state index contributed by atoms with van der Waals surface area (Å²) in [5.74, 6) is 0.634. The highest BCUT2D eigenvalue weighted by atomic mass is 16.5. The van der Waals surface area contributed by atoms with Crippen molar-refractivity contribution in [3.05, 3.63) is 29.3 Å². The fourth-order valence-corrected chi connectivity index (χ4v) is 2.69. The van der Waals surface area contributed by atoms with E-state index in [1.807, 2.05) is 39.8 Å². The van der Waals surface area contributed by atoms with Gasteiger partial charge in [0.15, 0.2) is 0 Å². The molecule has 0 saturated carbocycles. The summed E-state index contributed by atoms with van der Waals surface area (Å²) in [6.07, 6.45) is 0.809. The van der Waals surface area contributed by atoms with Gasteiger partial charge in [0.05, 0.1) is 13.2 Å². The first-order valence-electron chi connectivity index (χ1n) is 8.37. The van der Waals surface area contributed by atoms with Gasteiger partial charge >= 0.3 is 6.03 Å². The molecule has 2 rings (SSSR count). The number of nitrogens with zero attached hydrogens (tertiary/aromatic N) is 1. The van der Waals surface area contributed by atoms with Crippen molar-refractivity contribution in [3.63, 3.8) is 0 Å². The molecule has 1 aliphatic heterocycles. The molecule has 0 aromatic heterocycles. The summed E-state index contributed by atoms with van der Waals surface area (Å²) in [4.78, 5) is 25.8. The molecule has 0 aliphatic carbocycles. The molecule has 0 atom stereocenters. The van der Waals surface area contributed by atoms with Crippen LogP contribution >= 0.6 is 0 Å². The van der Waals surface area contributed by atoms with Crippen molar-refractivity contribution in [2.24, 2.45) is 0 Å². The highest BCUT2D eigenvalue weighted by Crippen LogP contribution is 2.23. The van der Waals surface area contributed by atoms with Crippen LogP contribution in [0.5, 0.6) is 5.75 Å². The fourth-order valence-electron chi connectivity index (χ4n) is 2.69. The number of carbonyl (C=O) groups is 2. The molecule has 0 unspecified atom stereocenters. The first-order valence-corrected chi connectivity index (χ1v) is 8.37. The van der Waals surface area contributed by atoms with Gasteiger partial charge in [-0.3, -0.25) is 4.79 Å². The SMILES string of the molecule is CCOc1ccc2c(c1)CN(C(=O)NCC(=O)NC(C)(C)C)CC2. The minimum absolute atomic E-state index is 0.0154. The molecule has 24 heavy (non-hydrogen) atoms. The van der Waals surface area contributed by atoms with Crippen molar-refractivity contribution in [2.45, 2.75) is 46.2 Å². The Morgan fingerprint density at radius 1 is 1.25 bits per heavy atom. The van der Waals surface area contributed by atoms with E-state index < -0.39 is 0 Å². The lowest BCUT2D eigenvalue weighted by atomic mass is 10.00. The number of hydrogen-bond donors (Lipinski definition) is 2. The maximum Gasteiger partial charge on any atom is 0.318 e. The lowest BCUT2D eigenvalue weighted by Gasteiger charge is -2.29. The lowest BCUT2D eigenvalue weighted by Crippen LogP contribution is -2.49. The van der Waals surface area contributed by atoms with Crippen LogP contribution in [0, 0.1) is 0 Å². The van der Waals surface area contributed by atoms with Crippen molar-refractivity contribution >= 4 is 11.9 Å². The summed E-state index contributed by atoms with van der Waals surface area (Å²) in [7, 11) is 0. The fraction of sp³-hybridized carbons (Fsp3) is 0.556. The quantitative estimate of drug-likeness (QED) is 0.886. The van der Waals surface area contributed by atoms with E-state index >= 15 is 0 Å². The van der Waals surface area contributed by atoms with Gasteiger partial charge in [0.25, 0.3) is 0 Å². The van der Waals surface area contributed by atoms with Crippen molar-refractivity contribution in [1.82, 2.24) is 15.5 Å². The number of rotatable bonds is 4. The highest BCUT2D eigenvalue weighted by molar-refractivity contribution is 5.84. The van der Waals surface area contributed by atoms with Gasteiger partial charge in [0.1, 0.15) is 5.75 Å². The zero-order valence-corrected chi connectivity index (χ0v) is 14.9. The van der Waals surface area contributed by atoms with Crippen LogP contribution in [0.3, 0.4) is 0 Å². The molecular formula is C18H27N3O3. The van der Waals surface area contributed by atoms with E-state index in [0.29, 0.717) is 19.7 Å². The van der Waals surface area contributed by atoms with Gasteiger partial charge in [-0.15, -0.1) is 0 Å². The van der Waals surface area contributed by atoms with Gasteiger partial charge in [-0.2, -0.15) is 0 Å². The predicted molar refractivity (Wildman–Crippen MR) is 93.0 cm³/mol. The normalized spacial score (nSPS) is 13.9. The topological polar surface area (TPSA) is 70.7 Å². The molecule has 1 heterocycles. The van der Waals surface area contributed by atoms with Crippen LogP contribution in [0.2, 0.25) is 0 Å². The van der Waals surface area contributed by atoms with E-state index in [4.69, 9.17) is 4.74 Å². The third kappa shape index (κ3) is 5.15. The minimum atomic E-state index is -0.304. The molecule has 1 aromatic rings. The zero-order valence-electron chi connectivity index (χ0n) is 14.9. The van der Waals surface area contributed by atoms with Crippen LogP contribution in [0.15, 0.2) is 18.2 Å². The Hall–Kier alpha value is -2.24. The second kappa shape index (κ2) is 7.55. The third-order valence-corrected chi connectivity index (χ3v) is 3.70. The summed E-state index contributed by atoms with van der Waals surface area (Å²) < 4.78 is 5.52. The Bertz CT molecular complexity index is 608. The molecule has 0 spiro atoms. The maximum atomic E-state index is 12.3. The molecule has 0 fully saturated rings. The standard InChI is InChI=1S/C18H27N3O3/c1-5-24-15-7-6-13-8-9-21(12-14(13)10-15)17(23)19-11-16(22)20-18(2,3)4/h6-7,10H,5,8-9,11-12H2,1-4H3,(H,19,23)(H,20,22). The molecule has 3 amide bonds. The number of amides is 3. The van der Waals surface area contributed by atoms with Gasteiger partial charge in [0.2, 0.25) is 5.91 Å². The molecule has 1 aliphatic rings. The average molecular weight is 333 g/mol. The van der Waals surface area contributed by atoms with Gasteiger partial charge in [-0.1, -0.05) is 6.07 Å². The van der Waals surface area contributed by atoms with E-state index in [1.165, 1.54) is 5.56 Å². The lowest BCUT2D eigenvalue weighted by molar-refractivity contribution is -0.121. The van der Waals surface area contributed by atoms with Gasteiger partial charge in [0, 0.05) is 18.6 Å². The summed E-state index contributed by atoms with van der Waals surface area (Å²) in [6, 6.07) is 5.80. The van der Waals surface area contributed by atoms with Gasteiger partial charge in [-0.25, -0.2) is 4.79 Å². The molecule has 0 bridgehead atoms. The summed E-state index contributed by atoms with van der Waals surface area (Å²) in [6.45, 7) is 9.45. The predicted octanol–water partition coefficient (Wildman–Crippen LogP) is 2.07. The second-order valence-electron chi connectivity index (χ2n) is 6.99. The smallest absolute Gasteiger partial charge is 0.318 e. The molecule has 132 valence electrons. The van der Waals surface area contributed by atoms with Crippen LogP contribution in [0.4, 0.5) is 4.79 Å². The Kier molecular flexibility index (Phi) is 5.70. The average Bonchev–Trinajstić information content (AvgIpc) is 2.50. The monoisotopic (exact) mass is 333 g/mol. The van der Waals surface area contributed by atoms with Crippen molar-refractivity contribution in [1.29, 1.82) is 0 Å². The molecule has 1 aromatic carbocycles. The summed E-state index contributed by atoms with van der Waals surface area (Å²) >= 11 is 0. The van der Waals surface area contributed by atoms with Crippen LogP contribution in [0.25, 0.3) is 0 Å². The second-order valence-corrected chi connectivity index (χ2v) is 6.99. The Morgan fingerprint density at radius 3 is 2.67 bits per heavy atom. The minimum Gasteiger partial charge on any atom is -0.494 e. The van der Waals surface area contributed by atoms with E-state index in [-0.39, 0.29) is 24.0 Å². The van der Waals surface area contributed by atoms with E-state index in [9.17, 15) is 9.59 Å². The highest BCUT2D eigenvalue weighted by Gasteiger charge is 2.22. The van der Waals surface area contributed by atoms with Gasteiger partial charge < -0.3 is 20.3 Å². The number of carbonyl (C=O) groups excluding carboxylic acids is 2. The van der Waals surface area contributed by atoms with Crippen LogP contribution in [-0.2, 0) is 17.8 Å². The first-order chi connectivity index (χ1) is 11.3. The van der Waals surface area contributed by atoms with Crippen LogP contribution < -0.4 is 15.4 Å². The van der Waals surface area contributed by atoms with Crippen molar-refractivity contribution in [3.8, 4) is 5.75 Å². The Balaban J connectivity index is 1.91. The number of hydrogen-bond acceptors (Lipinski definition) is 3. The molecular weight excluding hydrogens is 306 g/mol. The molecule has 6 heteroatoms. The van der Waals surface area contributed by atoms with E-state index in [0.717, 1.165) is 17.7 Å². The van der Waals surface area contributed by atoms with Crippen LogP contribution in [0.1, 0.15) is 38.8 Å².